The van der Waals surface area contributed by atoms with Crippen molar-refractivity contribution in [1.29, 1.82) is 0 Å². The van der Waals surface area contributed by atoms with Gasteiger partial charge in [0.15, 0.2) is 0 Å². The molecular weight excluding hydrogens is 665 g/mol. The van der Waals surface area contributed by atoms with Crippen molar-refractivity contribution in [3.8, 4) is 28.4 Å². The zero-order valence-electron chi connectivity index (χ0n) is 29.1. The first kappa shape index (κ1) is 30.3. The summed E-state index contributed by atoms with van der Waals surface area (Å²) in [6, 6.07) is 61.1. The van der Waals surface area contributed by atoms with Crippen LogP contribution in [0.2, 0.25) is 0 Å². The lowest BCUT2D eigenvalue weighted by molar-refractivity contribution is 0.483. The molecule has 0 unspecified atom stereocenters. The summed E-state index contributed by atoms with van der Waals surface area (Å²) in [6.45, 7) is 0.676. The third-order valence-electron chi connectivity index (χ3n) is 10.5. The Morgan fingerprint density at radius 2 is 1.19 bits per heavy atom. The van der Waals surface area contributed by atoms with E-state index in [4.69, 9.17) is 14.1 Å². The van der Waals surface area contributed by atoms with Crippen molar-refractivity contribution in [3.63, 3.8) is 0 Å². The molecule has 6 nitrogen and oxygen atoms in total. The number of furan rings is 1. The fourth-order valence-corrected chi connectivity index (χ4v) is 7.97. The van der Waals surface area contributed by atoms with Crippen molar-refractivity contribution in [3.05, 3.63) is 182 Å². The van der Waals surface area contributed by atoms with Crippen LogP contribution in [0.25, 0.3) is 60.7 Å². The molecule has 11 rings (SSSR count). The highest BCUT2D eigenvalue weighted by atomic mass is 16.5. The van der Waals surface area contributed by atoms with Gasteiger partial charge in [0.1, 0.15) is 35.2 Å². The topological polar surface area (TPSA) is 46.7 Å². The zero-order chi connectivity index (χ0) is 35.6. The van der Waals surface area contributed by atoms with E-state index in [0.29, 0.717) is 6.67 Å². The summed E-state index contributed by atoms with van der Waals surface area (Å²) in [4.78, 5) is 9.69. The summed E-state index contributed by atoms with van der Waals surface area (Å²) in [7, 11) is 0. The van der Waals surface area contributed by atoms with E-state index in [1.54, 1.807) is 0 Å². The largest absolute Gasteiger partial charge is 0.457 e. The van der Waals surface area contributed by atoms with Crippen molar-refractivity contribution in [2.75, 3.05) is 16.5 Å². The van der Waals surface area contributed by atoms with Crippen LogP contribution in [-0.2, 0) is 0 Å². The van der Waals surface area contributed by atoms with E-state index in [9.17, 15) is 0 Å². The highest BCUT2D eigenvalue weighted by Gasteiger charge is 2.29. The van der Waals surface area contributed by atoms with Gasteiger partial charge in [-0.15, -0.1) is 0 Å². The predicted molar refractivity (Wildman–Crippen MR) is 220 cm³/mol. The molecule has 4 heterocycles. The minimum atomic E-state index is 0.676. The van der Waals surface area contributed by atoms with Crippen molar-refractivity contribution in [2.24, 2.45) is 0 Å². The third kappa shape index (κ3) is 4.92. The zero-order valence-corrected chi connectivity index (χ0v) is 29.1. The number of para-hydroxylation sites is 3. The molecule has 0 bridgehead atoms. The van der Waals surface area contributed by atoms with Crippen molar-refractivity contribution < 1.29 is 9.15 Å². The number of benzene rings is 7. The van der Waals surface area contributed by atoms with E-state index >= 15 is 0 Å². The Labute approximate surface area is 311 Å². The number of nitrogens with zero attached hydrogens (tertiary/aromatic N) is 4. The molecule has 1 aliphatic heterocycles. The second-order valence-electron chi connectivity index (χ2n) is 13.7. The number of fused-ring (bicyclic) bond motifs is 7. The van der Waals surface area contributed by atoms with Gasteiger partial charge in [0.2, 0.25) is 0 Å². The molecule has 10 aromatic rings. The third-order valence-corrected chi connectivity index (χ3v) is 10.5. The van der Waals surface area contributed by atoms with E-state index < -0.39 is 0 Å². The monoisotopic (exact) mass is 696 g/mol. The van der Waals surface area contributed by atoms with Gasteiger partial charge >= 0.3 is 0 Å². The fraction of sp³-hybridized carbons (Fsp3) is 0.0208. The van der Waals surface area contributed by atoms with Gasteiger partial charge < -0.3 is 19.0 Å². The van der Waals surface area contributed by atoms with Crippen LogP contribution in [0, 0.1) is 0 Å². The van der Waals surface area contributed by atoms with Gasteiger partial charge in [-0.3, -0.25) is 4.57 Å². The average molecular weight is 697 g/mol. The smallest absolute Gasteiger partial charge is 0.141 e. The maximum atomic E-state index is 6.68. The Morgan fingerprint density at radius 1 is 0.463 bits per heavy atom. The molecule has 256 valence electrons. The molecule has 0 saturated carbocycles. The number of hydrogen-bond donors (Lipinski definition) is 0. The van der Waals surface area contributed by atoms with E-state index in [1.165, 1.54) is 16.8 Å². The predicted octanol–water partition coefficient (Wildman–Crippen LogP) is 12.8. The van der Waals surface area contributed by atoms with Gasteiger partial charge in [-0.2, -0.15) is 0 Å². The van der Waals surface area contributed by atoms with Gasteiger partial charge in [0, 0.05) is 57.3 Å². The standard InChI is InChI=1S/C48H32N4O2/c1-3-12-32(13-4-1)33-22-25-43-45(26-33)51(31-50(43)34-14-5-2-6-15-34)35-16-11-17-36(27-35)53-37-23-24-39-38-18-7-9-20-42(38)52(44(39)28-37)48-29-47-41(30-49-48)40-19-8-10-21-46(40)54-47/h1-30H,31H2. The minimum Gasteiger partial charge on any atom is -0.457 e. The van der Waals surface area contributed by atoms with Crippen LogP contribution in [0.1, 0.15) is 0 Å². The number of pyridine rings is 1. The van der Waals surface area contributed by atoms with Crippen molar-refractivity contribution >= 4 is 66.5 Å². The molecule has 0 N–H and O–H groups in total. The highest BCUT2D eigenvalue weighted by Crippen LogP contribution is 2.47. The van der Waals surface area contributed by atoms with Gasteiger partial charge in [-0.05, 0) is 71.8 Å². The van der Waals surface area contributed by atoms with Crippen LogP contribution in [0.4, 0.5) is 22.7 Å². The molecule has 6 heteroatoms. The summed E-state index contributed by atoms with van der Waals surface area (Å²) in [6.07, 6.45) is 1.92. The van der Waals surface area contributed by atoms with Crippen molar-refractivity contribution in [2.45, 2.75) is 0 Å². The Bertz CT molecular complexity index is 3020. The van der Waals surface area contributed by atoms with Gasteiger partial charge in [0.05, 0.1) is 22.4 Å². The maximum absolute atomic E-state index is 6.68. The molecule has 0 atom stereocenters. The number of hydrogen-bond acceptors (Lipinski definition) is 5. The van der Waals surface area contributed by atoms with E-state index in [1.807, 2.05) is 36.5 Å². The van der Waals surface area contributed by atoms with E-state index in [2.05, 4.69) is 160 Å². The van der Waals surface area contributed by atoms with Crippen molar-refractivity contribution in [1.82, 2.24) is 9.55 Å². The van der Waals surface area contributed by atoms with Gasteiger partial charge in [-0.1, -0.05) is 97.1 Å². The fourth-order valence-electron chi connectivity index (χ4n) is 7.97. The number of aromatic nitrogens is 2. The number of rotatable bonds is 6. The first-order valence-electron chi connectivity index (χ1n) is 18.1. The molecule has 3 aromatic heterocycles. The van der Waals surface area contributed by atoms with Crippen LogP contribution in [0.15, 0.2) is 187 Å². The molecule has 0 fully saturated rings. The first-order valence-corrected chi connectivity index (χ1v) is 18.1. The summed E-state index contributed by atoms with van der Waals surface area (Å²) in [5.74, 6) is 2.29. The molecular formula is C48H32N4O2. The summed E-state index contributed by atoms with van der Waals surface area (Å²) in [5, 5.41) is 4.34. The highest BCUT2D eigenvalue weighted by molar-refractivity contribution is 6.10. The van der Waals surface area contributed by atoms with Gasteiger partial charge in [0.25, 0.3) is 0 Å². The summed E-state index contributed by atoms with van der Waals surface area (Å²) >= 11 is 0. The average Bonchev–Trinajstić information content (AvgIpc) is 3.90. The van der Waals surface area contributed by atoms with Crippen LogP contribution >= 0.6 is 0 Å². The van der Waals surface area contributed by atoms with Crippen LogP contribution in [-0.4, -0.2) is 16.2 Å². The summed E-state index contributed by atoms with van der Waals surface area (Å²) in [5.41, 5.74) is 10.6. The lowest BCUT2D eigenvalue weighted by Crippen LogP contribution is -2.23. The van der Waals surface area contributed by atoms with Crippen LogP contribution in [0.5, 0.6) is 11.5 Å². The Kier molecular flexibility index (Phi) is 6.82. The molecule has 7 aromatic carbocycles. The quantitative estimate of drug-likeness (QED) is 0.173. The van der Waals surface area contributed by atoms with Crippen LogP contribution < -0.4 is 14.5 Å². The maximum Gasteiger partial charge on any atom is 0.141 e. The number of ether oxygens (including phenoxy) is 1. The molecule has 54 heavy (non-hydrogen) atoms. The molecule has 0 spiro atoms. The van der Waals surface area contributed by atoms with Gasteiger partial charge in [-0.25, -0.2) is 4.98 Å². The molecule has 1 aliphatic rings. The lowest BCUT2D eigenvalue weighted by Gasteiger charge is -2.22. The Balaban J connectivity index is 0.979. The SMILES string of the molecule is c1ccc(-c2ccc3c(c2)N(c2cccc(Oc4ccc5c6ccccc6n(-c6cc7oc8ccccc8c7cn6)c5c4)c2)CN3c2ccccc2)cc1. The number of anilines is 4. The Hall–Kier alpha value is -7.31. The second kappa shape index (κ2) is 12.1. The van der Waals surface area contributed by atoms with E-state index in [-0.39, 0.29) is 0 Å². The molecule has 0 aliphatic carbocycles. The Morgan fingerprint density at radius 3 is 2.07 bits per heavy atom. The lowest BCUT2D eigenvalue weighted by atomic mass is 10.0. The molecule has 0 radical (unpaired) electrons. The normalized spacial score (nSPS) is 12.7. The summed E-state index contributed by atoms with van der Waals surface area (Å²) < 4.78 is 15.2. The van der Waals surface area contributed by atoms with Crippen LogP contribution in [0.3, 0.4) is 0 Å². The van der Waals surface area contributed by atoms with E-state index in [0.717, 1.165) is 78.1 Å². The minimum absolute atomic E-state index is 0.676. The molecule has 0 amide bonds. The molecule has 0 saturated heterocycles. The second-order valence-corrected chi connectivity index (χ2v) is 13.7. The first-order chi connectivity index (χ1) is 26.7.